The second-order valence-corrected chi connectivity index (χ2v) is 5.13. The van der Waals surface area contributed by atoms with Gasteiger partial charge in [0.25, 0.3) is 5.91 Å². The monoisotopic (exact) mass is 296 g/mol. The summed E-state index contributed by atoms with van der Waals surface area (Å²) in [5.41, 5.74) is 3.06. The van der Waals surface area contributed by atoms with Crippen molar-refractivity contribution in [3.8, 4) is 5.75 Å². The third-order valence-corrected chi connectivity index (χ3v) is 3.41. The van der Waals surface area contributed by atoms with Crippen LogP contribution in [0.25, 0.3) is 0 Å². The van der Waals surface area contributed by atoms with Crippen molar-refractivity contribution in [2.75, 3.05) is 17.2 Å². The number of nitrogens with one attached hydrogen (secondary N) is 2. The van der Waals surface area contributed by atoms with E-state index in [9.17, 15) is 9.59 Å². The molecule has 112 valence electrons. The summed E-state index contributed by atoms with van der Waals surface area (Å²) in [6.07, 6.45) is 0.866. The third kappa shape index (κ3) is 3.09. The van der Waals surface area contributed by atoms with E-state index >= 15 is 0 Å². The number of ether oxygens (including phenoxy) is 1. The summed E-state index contributed by atoms with van der Waals surface area (Å²) in [7, 11) is 0. The van der Waals surface area contributed by atoms with Crippen molar-refractivity contribution in [3.05, 3.63) is 53.6 Å². The minimum Gasteiger partial charge on any atom is -0.493 e. The largest absolute Gasteiger partial charge is 0.493 e. The van der Waals surface area contributed by atoms with Gasteiger partial charge >= 0.3 is 0 Å². The lowest BCUT2D eigenvalue weighted by molar-refractivity contribution is -0.114. The molecule has 1 aliphatic rings. The van der Waals surface area contributed by atoms with E-state index in [1.807, 2.05) is 18.2 Å². The first kappa shape index (κ1) is 14.1. The number of carbonyl (C=O) groups excluding carboxylic acids is 2. The fourth-order valence-corrected chi connectivity index (χ4v) is 2.38. The topological polar surface area (TPSA) is 67.4 Å². The predicted molar refractivity (Wildman–Crippen MR) is 84.3 cm³/mol. The van der Waals surface area contributed by atoms with Gasteiger partial charge in [0.2, 0.25) is 5.91 Å². The number of fused-ring (bicyclic) bond motifs is 1. The Balaban J connectivity index is 1.70. The van der Waals surface area contributed by atoms with Crippen LogP contribution in [-0.2, 0) is 11.2 Å². The number of hydrogen-bond acceptors (Lipinski definition) is 3. The zero-order chi connectivity index (χ0) is 15.5. The Morgan fingerprint density at radius 2 is 1.73 bits per heavy atom. The first-order valence-corrected chi connectivity index (χ1v) is 7.06. The average Bonchev–Trinajstić information content (AvgIpc) is 2.95. The second-order valence-electron chi connectivity index (χ2n) is 5.13. The van der Waals surface area contributed by atoms with Crippen molar-refractivity contribution in [3.63, 3.8) is 0 Å². The number of amides is 2. The van der Waals surface area contributed by atoms with Gasteiger partial charge in [0.1, 0.15) is 5.75 Å². The van der Waals surface area contributed by atoms with Gasteiger partial charge in [-0.1, -0.05) is 0 Å². The van der Waals surface area contributed by atoms with Crippen LogP contribution < -0.4 is 15.4 Å². The molecule has 0 bridgehead atoms. The maximum atomic E-state index is 12.2. The molecule has 0 saturated heterocycles. The molecular formula is C17H16N2O3. The molecule has 0 fully saturated rings. The molecule has 22 heavy (non-hydrogen) atoms. The first-order chi connectivity index (χ1) is 10.6. The van der Waals surface area contributed by atoms with Gasteiger partial charge in [-0.15, -0.1) is 0 Å². The number of anilines is 2. The lowest BCUT2D eigenvalue weighted by Crippen LogP contribution is -2.12. The number of benzene rings is 2. The van der Waals surface area contributed by atoms with E-state index in [1.54, 1.807) is 24.3 Å². The average molecular weight is 296 g/mol. The third-order valence-electron chi connectivity index (χ3n) is 3.41. The van der Waals surface area contributed by atoms with Crippen molar-refractivity contribution in [2.45, 2.75) is 13.3 Å². The van der Waals surface area contributed by atoms with Crippen LogP contribution in [-0.4, -0.2) is 18.4 Å². The van der Waals surface area contributed by atoms with Crippen molar-refractivity contribution in [1.82, 2.24) is 0 Å². The van der Waals surface area contributed by atoms with Crippen LogP contribution in [0.4, 0.5) is 11.4 Å². The molecule has 0 saturated carbocycles. The van der Waals surface area contributed by atoms with E-state index in [1.165, 1.54) is 6.92 Å². The van der Waals surface area contributed by atoms with Crippen molar-refractivity contribution < 1.29 is 14.3 Å². The molecular weight excluding hydrogens is 280 g/mol. The molecule has 2 amide bonds. The van der Waals surface area contributed by atoms with E-state index in [-0.39, 0.29) is 11.8 Å². The fraction of sp³-hybridized carbons (Fsp3) is 0.176. The van der Waals surface area contributed by atoms with Gasteiger partial charge in [-0.25, -0.2) is 0 Å². The highest BCUT2D eigenvalue weighted by atomic mass is 16.5. The van der Waals surface area contributed by atoms with Gasteiger partial charge in [0.05, 0.1) is 6.61 Å². The Morgan fingerprint density at radius 3 is 2.45 bits per heavy atom. The zero-order valence-electron chi connectivity index (χ0n) is 12.2. The highest BCUT2D eigenvalue weighted by Crippen LogP contribution is 2.28. The molecule has 0 spiro atoms. The van der Waals surface area contributed by atoms with Crippen LogP contribution in [0.1, 0.15) is 22.8 Å². The molecule has 1 aliphatic heterocycles. The van der Waals surface area contributed by atoms with E-state index in [0.29, 0.717) is 17.9 Å². The van der Waals surface area contributed by atoms with Crippen LogP contribution in [0.5, 0.6) is 5.75 Å². The van der Waals surface area contributed by atoms with Crippen LogP contribution in [0.3, 0.4) is 0 Å². The van der Waals surface area contributed by atoms with Crippen molar-refractivity contribution in [1.29, 1.82) is 0 Å². The van der Waals surface area contributed by atoms with E-state index in [2.05, 4.69) is 10.6 Å². The first-order valence-electron chi connectivity index (χ1n) is 7.06. The maximum Gasteiger partial charge on any atom is 0.255 e. The van der Waals surface area contributed by atoms with Gasteiger partial charge in [0, 0.05) is 30.3 Å². The van der Waals surface area contributed by atoms with Crippen LogP contribution in [0, 0.1) is 0 Å². The summed E-state index contributed by atoms with van der Waals surface area (Å²) in [4.78, 5) is 23.2. The maximum absolute atomic E-state index is 12.2. The molecule has 2 N–H and O–H groups in total. The van der Waals surface area contributed by atoms with Gasteiger partial charge in [-0.3, -0.25) is 9.59 Å². The number of hydrogen-bond donors (Lipinski definition) is 2. The fourth-order valence-electron chi connectivity index (χ4n) is 2.38. The summed E-state index contributed by atoms with van der Waals surface area (Å²) in [6, 6.07) is 12.4. The Morgan fingerprint density at radius 1 is 1.00 bits per heavy atom. The quantitative estimate of drug-likeness (QED) is 0.915. The van der Waals surface area contributed by atoms with Crippen molar-refractivity contribution in [2.24, 2.45) is 0 Å². The number of carbonyl (C=O) groups is 2. The normalized spacial score (nSPS) is 12.2. The SMILES string of the molecule is CC(=O)Nc1ccc(C(=O)Nc2ccc3c(c2)CCO3)cc1. The van der Waals surface area contributed by atoms with E-state index < -0.39 is 0 Å². The second kappa shape index (κ2) is 5.89. The minimum absolute atomic E-state index is 0.141. The molecule has 0 radical (unpaired) electrons. The van der Waals surface area contributed by atoms with Crippen LogP contribution in [0.2, 0.25) is 0 Å². The summed E-state index contributed by atoms with van der Waals surface area (Å²) >= 11 is 0. The molecule has 0 aromatic heterocycles. The Bertz CT molecular complexity index is 723. The van der Waals surface area contributed by atoms with Gasteiger partial charge in [-0.05, 0) is 48.0 Å². The molecule has 5 nitrogen and oxygen atoms in total. The minimum atomic E-state index is -0.187. The number of rotatable bonds is 3. The summed E-state index contributed by atoms with van der Waals surface area (Å²) in [6.45, 7) is 2.13. The molecule has 0 aliphatic carbocycles. The lowest BCUT2D eigenvalue weighted by Gasteiger charge is -2.08. The van der Waals surface area contributed by atoms with E-state index in [4.69, 9.17) is 4.74 Å². The van der Waals surface area contributed by atoms with Crippen LogP contribution >= 0.6 is 0 Å². The van der Waals surface area contributed by atoms with Gasteiger partial charge in [0.15, 0.2) is 0 Å². The lowest BCUT2D eigenvalue weighted by atomic mass is 10.1. The summed E-state index contributed by atoms with van der Waals surface area (Å²) < 4.78 is 5.44. The van der Waals surface area contributed by atoms with Crippen molar-refractivity contribution >= 4 is 23.2 Å². The van der Waals surface area contributed by atoms with Gasteiger partial charge in [-0.2, -0.15) is 0 Å². The highest BCUT2D eigenvalue weighted by Gasteiger charge is 2.13. The Kier molecular flexibility index (Phi) is 3.78. The molecule has 0 unspecified atom stereocenters. The van der Waals surface area contributed by atoms with Crippen LogP contribution in [0.15, 0.2) is 42.5 Å². The zero-order valence-corrected chi connectivity index (χ0v) is 12.2. The highest BCUT2D eigenvalue weighted by molar-refractivity contribution is 6.04. The molecule has 1 heterocycles. The standard InChI is InChI=1S/C17H16N2O3/c1-11(20)18-14-4-2-12(3-5-14)17(21)19-15-6-7-16-13(10-15)8-9-22-16/h2-7,10H,8-9H2,1H3,(H,18,20)(H,19,21). The summed E-state index contributed by atoms with van der Waals surface area (Å²) in [5.74, 6) is 0.559. The molecule has 3 rings (SSSR count). The molecule has 2 aromatic rings. The molecule has 0 atom stereocenters. The van der Waals surface area contributed by atoms with Gasteiger partial charge < -0.3 is 15.4 Å². The smallest absolute Gasteiger partial charge is 0.255 e. The molecule has 2 aromatic carbocycles. The predicted octanol–water partition coefficient (Wildman–Crippen LogP) is 2.83. The Labute approximate surface area is 128 Å². The summed E-state index contributed by atoms with van der Waals surface area (Å²) in [5, 5.41) is 5.53. The Hall–Kier alpha value is -2.82. The molecule has 5 heteroatoms. The van der Waals surface area contributed by atoms with E-state index in [0.717, 1.165) is 23.4 Å².